The second-order valence-electron chi connectivity index (χ2n) is 6.07. The summed E-state index contributed by atoms with van der Waals surface area (Å²) in [5, 5.41) is 0. The van der Waals surface area contributed by atoms with Gasteiger partial charge in [0, 0.05) is 13.2 Å². The minimum absolute atomic E-state index is 0.402. The van der Waals surface area contributed by atoms with Gasteiger partial charge < -0.3 is 18.7 Å². The van der Waals surface area contributed by atoms with Crippen LogP contribution >= 0.6 is 0 Å². The van der Waals surface area contributed by atoms with Crippen molar-refractivity contribution in [3.05, 3.63) is 0 Å². The van der Waals surface area contributed by atoms with Crippen LogP contribution in [-0.4, -0.2) is 71.3 Å². The quantitative estimate of drug-likeness (QED) is 0.304. The van der Waals surface area contributed by atoms with Crippen LogP contribution in [0.4, 0.5) is 0 Å². The van der Waals surface area contributed by atoms with Crippen molar-refractivity contribution in [3.63, 3.8) is 0 Å². The molecular weight excluding hydrogens is 230 g/mol. The minimum atomic E-state index is 0.402. The van der Waals surface area contributed by atoms with E-state index in [4.69, 9.17) is 14.2 Å². The second kappa shape index (κ2) is 8.86. The molecule has 0 aromatic heterocycles. The molecule has 108 valence electrons. The molecule has 0 bridgehead atoms. The number of likely N-dealkylation sites (N-methyl/N-ethyl adjacent to an activating group) is 1. The van der Waals surface area contributed by atoms with Crippen LogP contribution in [0.15, 0.2) is 0 Å². The lowest BCUT2D eigenvalue weighted by molar-refractivity contribution is -0.870. The van der Waals surface area contributed by atoms with E-state index in [-0.39, 0.29) is 0 Å². The van der Waals surface area contributed by atoms with Crippen molar-refractivity contribution in [2.45, 2.75) is 31.8 Å². The highest BCUT2D eigenvalue weighted by atomic mass is 16.6. The van der Waals surface area contributed by atoms with Gasteiger partial charge in [-0.25, -0.2) is 0 Å². The molecule has 1 fully saturated rings. The Bertz CT molecular complexity index is 200. The molecule has 0 spiro atoms. The summed E-state index contributed by atoms with van der Waals surface area (Å²) >= 11 is 0. The Morgan fingerprint density at radius 1 is 0.944 bits per heavy atom. The first-order valence-corrected chi connectivity index (χ1v) is 7.15. The number of hydrogen-bond acceptors (Lipinski definition) is 3. The van der Waals surface area contributed by atoms with Crippen molar-refractivity contribution in [2.24, 2.45) is 0 Å². The van der Waals surface area contributed by atoms with Crippen LogP contribution in [0.5, 0.6) is 0 Å². The van der Waals surface area contributed by atoms with Gasteiger partial charge in [0.25, 0.3) is 0 Å². The molecule has 18 heavy (non-hydrogen) atoms. The fourth-order valence-electron chi connectivity index (χ4n) is 1.58. The molecule has 1 rings (SSSR count). The summed E-state index contributed by atoms with van der Waals surface area (Å²) in [5.74, 6) is 0. The van der Waals surface area contributed by atoms with E-state index < -0.39 is 0 Å². The SMILES string of the molecule is C[N+](C)(C)CCOCCCCCCOCC1CO1. The van der Waals surface area contributed by atoms with E-state index in [1.54, 1.807) is 0 Å². The highest BCUT2D eigenvalue weighted by Gasteiger charge is 2.21. The summed E-state index contributed by atoms with van der Waals surface area (Å²) < 4.78 is 17.1. The minimum Gasteiger partial charge on any atom is -0.379 e. The van der Waals surface area contributed by atoms with Crippen molar-refractivity contribution in [1.29, 1.82) is 0 Å². The Morgan fingerprint density at radius 3 is 2.11 bits per heavy atom. The van der Waals surface area contributed by atoms with Crippen LogP contribution in [-0.2, 0) is 14.2 Å². The lowest BCUT2D eigenvalue weighted by Crippen LogP contribution is -2.37. The maximum absolute atomic E-state index is 5.61. The largest absolute Gasteiger partial charge is 0.379 e. The Hall–Kier alpha value is -0.160. The van der Waals surface area contributed by atoms with Crippen LogP contribution in [0.2, 0.25) is 0 Å². The molecule has 1 saturated heterocycles. The highest BCUT2D eigenvalue weighted by Crippen LogP contribution is 2.09. The Balaban J connectivity index is 1.67. The average Bonchev–Trinajstić information content (AvgIpc) is 3.08. The maximum Gasteiger partial charge on any atom is 0.104 e. The summed E-state index contributed by atoms with van der Waals surface area (Å²) in [4.78, 5) is 0. The second-order valence-corrected chi connectivity index (χ2v) is 6.07. The lowest BCUT2D eigenvalue weighted by atomic mass is 10.2. The number of hydrogen-bond donors (Lipinski definition) is 0. The fourth-order valence-corrected chi connectivity index (χ4v) is 1.58. The number of quaternary nitrogens is 1. The molecule has 4 heteroatoms. The first-order chi connectivity index (χ1) is 8.58. The number of ether oxygens (including phenoxy) is 3. The van der Waals surface area contributed by atoms with Gasteiger partial charge in [0.1, 0.15) is 12.6 Å². The van der Waals surface area contributed by atoms with Gasteiger partial charge >= 0.3 is 0 Å². The first-order valence-electron chi connectivity index (χ1n) is 7.15. The monoisotopic (exact) mass is 260 g/mol. The standard InChI is InChI=1S/C14H30NO3/c1-15(2,3)8-11-16-9-6-4-5-7-10-17-12-14-13-18-14/h14H,4-13H2,1-3H3/q+1. The third kappa shape index (κ3) is 11.0. The van der Waals surface area contributed by atoms with E-state index in [0.29, 0.717) is 6.10 Å². The van der Waals surface area contributed by atoms with E-state index in [0.717, 1.165) is 50.5 Å². The van der Waals surface area contributed by atoms with E-state index >= 15 is 0 Å². The van der Waals surface area contributed by atoms with Crippen molar-refractivity contribution < 1.29 is 18.7 Å². The predicted molar refractivity (Wildman–Crippen MR) is 72.7 cm³/mol. The summed E-state index contributed by atoms with van der Waals surface area (Å²) in [6, 6.07) is 0. The smallest absolute Gasteiger partial charge is 0.104 e. The molecule has 0 radical (unpaired) electrons. The molecule has 0 amide bonds. The predicted octanol–water partition coefficient (Wildman–Crippen LogP) is 1.68. The molecule has 1 aliphatic heterocycles. The van der Waals surface area contributed by atoms with E-state index in [2.05, 4.69) is 21.1 Å². The molecule has 1 heterocycles. The molecule has 1 atom stereocenters. The zero-order valence-corrected chi connectivity index (χ0v) is 12.3. The highest BCUT2D eigenvalue weighted by molar-refractivity contribution is 4.66. The number of rotatable bonds is 12. The number of epoxide rings is 1. The van der Waals surface area contributed by atoms with E-state index in [9.17, 15) is 0 Å². The Morgan fingerprint density at radius 2 is 1.56 bits per heavy atom. The fraction of sp³-hybridized carbons (Fsp3) is 1.00. The van der Waals surface area contributed by atoms with Crippen molar-refractivity contribution in [3.8, 4) is 0 Å². The molecular formula is C14H30NO3+. The van der Waals surface area contributed by atoms with Gasteiger partial charge in [-0.3, -0.25) is 0 Å². The van der Waals surface area contributed by atoms with Crippen LogP contribution in [0.1, 0.15) is 25.7 Å². The molecule has 0 saturated carbocycles. The summed E-state index contributed by atoms with van der Waals surface area (Å²) in [5.41, 5.74) is 0. The lowest BCUT2D eigenvalue weighted by Gasteiger charge is -2.23. The van der Waals surface area contributed by atoms with Crippen LogP contribution in [0, 0.1) is 0 Å². The zero-order chi connectivity index (χ0) is 13.3. The Kier molecular flexibility index (Phi) is 7.82. The van der Waals surface area contributed by atoms with Crippen molar-refractivity contribution >= 4 is 0 Å². The van der Waals surface area contributed by atoms with Gasteiger partial charge in [0.2, 0.25) is 0 Å². The van der Waals surface area contributed by atoms with E-state index in [1.165, 1.54) is 19.3 Å². The molecule has 1 unspecified atom stereocenters. The summed E-state index contributed by atoms with van der Waals surface area (Å²) in [6.07, 6.45) is 5.21. The topological polar surface area (TPSA) is 31.0 Å². The average molecular weight is 260 g/mol. The van der Waals surface area contributed by atoms with Gasteiger partial charge in [-0.15, -0.1) is 0 Å². The van der Waals surface area contributed by atoms with Crippen LogP contribution < -0.4 is 0 Å². The molecule has 4 nitrogen and oxygen atoms in total. The van der Waals surface area contributed by atoms with Crippen LogP contribution in [0.3, 0.4) is 0 Å². The van der Waals surface area contributed by atoms with Gasteiger partial charge in [-0.1, -0.05) is 12.8 Å². The normalized spacial score (nSPS) is 19.2. The maximum atomic E-state index is 5.61. The van der Waals surface area contributed by atoms with Crippen LogP contribution in [0.25, 0.3) is 0 Å². The summed E-state index contributed by atoms with van der Waals surface area (Å²) in [7, 11) is 6.57. The van der Waals surface area contributed by atoms with Crippen molar-refractivity contribution in [2.75, 3.05) is 60.7 Å². The van der Waals surface area contributed by atoms with Gasteiger partial charge in [-0.2, -0.15) is 0 Å². The zero-order valence-electron chi connectivity index (χ0n) is 12.3. The van der Waals surface area contributed by atoms with E-state index in [1.807, 2.05) is 0 Å². The summed E-state index contributed by atoms with van der Waals surface area (Å²) in [6.45, 7) is 5.41. The van der Waals surface area contributed by atoms with Crippen molar-refractivity contribution in [1.82, 2.24) is 0 Å². The molecule has 0 N–H and O–H groups in total. The van der Waals surface area contributed by atoms with Gasteiger partial charge in [0.05, 0.1) is 41.0 Å². The third-order valence-corrected chi connectivity index (χ3v) is 2.94. The van der Waals surface area contributed by atoms with Gasteiger partial charge in [-0.05, 0) is 12.8 Å². The number of unbranched alkanes of at least 4 members (excludes halogenated alkanes) is 3. The van der Waals surface area contributed by atoms with Gasteiger partial charge in [0.15, 0.2) is 0 Å². The Labute approximate surface area is 112 Å². The molecule has 0 aliphatic carbocycles. The third-order valence-electron chi connectivity index (χ3n) is 2.94. The number of nitrogens with zero attached hydrogens (tertiary/aromatic N) is 1. The molecule has 0 aromatic carbocycles. The molecule has 1 aliphatic rings. The molecule has 0 aromatic rings. The first kappa shape index (κ1) is 15.9.